The zero-order valence-corrected chi connectivity index (χ0v) is 18.8. The number of carboxylic acid groups (broad SMARTS) is 1. The van der Waals surface area contributed by atoms with E-state index in [2.05, 4.69) is 29.4 Å². The molecule has 6 nitrogen and oxygen atoms in total. The number of hydrogen-bond donors (Lipinski definition) is 3. The second-order valence-electron chi connectivity index (χ2n) is 8.30. The van der Waals surface area contributed by atoms with Crippen LogP contribution < -0.4 is 15.5 Å². The Morgan fingerprint density at radius 1 is 0.969 bits per heavy atom. The van der Waals surface area contributed by atoms with Gasteiger partial charge in [0.05, 0.1) is 16.9 Å². The number of nitrogens with one attached hydrogen (secondary N) is 2. The normalized spacial score (nSPS) is 10.7. The van der Waals surface area contributed by atoms with Crippen LogP contribution in [0, 0.1) is 12.8 Å². The molecule has 0 aliphatic carbocycles. The first-order valence-electron chi connectivity index (χ1n) is 10.6. The second-order valence-corrected chi connectivity index (χ2v) is 8.30. The molecule has 3 aromatic rings. The molecule has 0 aromatic heterocycles. The minimum absolute atomic E-state index is 0.214. The highest BCUT2D eigenvalue weighted by molar-refractivity contribution is 6.03. The summed E-state index contributed by atoms with van der Waals surface area (Å²) in [6.45, 7) is 7.05. The highest BCUT2D eigenvalue weighted by atomic mass is 16.4. The Hall–Kier alpha value is -3.80. The van der Waals surface area contributed by atoms with Crippen molar-refractivity contribution in [3.63, 3.8) is 0 Å². The van der Waals surface area contributed by atoms with Gasteiger partial charge in [-0.1, -0.05) is 55.8 Å². The number of carbonyl (C=O) groups is 2. The molecular weight excluding hydrogens is 402 g/mol. The van der Waals surface area contributed by atoms with E-state index in [-0.39, 0.29) is 11.6 Å². The lowest BCUT2D eigenvalue weighted by molar-refractivity contribution is 0.0697. The summed E-state index contributed by atoms with van der Waals surface area (Å²) in [6.07, 6.45) is 0. The molecule has 0 atom stereocenters. The Kier molecular flexibility index (Phi) is 7.15. The molecule has 0 bridgehead atoms. The fourth-order valence-electron chi connectivity index (χ4n) is 3.63. The minimum atomic E-state index is -0.992. The predicted octanol–water partition coefficient (Wildman–Crippen LogP) is 6.10. The Morgan fingerprint density at radius 2 is 1.66 bits per heavy atom. The summed E-state index contributed by atoms with van der Waals surface area (Å²) in [5.74, 6) is -0.560. The number of urea groups is 1. The third kappa shape index (κ3) is 5.66. The van der Waals surface area contributed by atoms with Gasteiger partial charge in [-0.15, -0.1) is 0 Å². The molecule has 0 saturated heterocycles. The SMILES string of the molecule is Cc1ccc(NC(=O)Nc2cc(-c3ccccc3C(=O)O)ccc2N(C)CC(C)C)cc1. The highest BCUT2D eigenvalue weighted by Crippen LogP contribution is 2.33. The van der Waals surface area contributed by atoms with Crippen LogP contribution in [0.3, 0.4) is 0 Å². The molecule has 2 amide bonds. The maximum Gasteiger partial charge on any atom is 0.336 e. The second kappa shape index (κ2) is 10.0. The Bertz CT molecular complexity index is 1110. The summed E-state index contributed by atoms with van der Waals surface area (Å²) in [4.78, 5) is 26.5. The van der Waals surface area contributed by atoms with E-state index in [1.807, 2.05) is 56.4 Å². The first kappa shape index (κ1) is 22.9. The third-order valence-corrected chi connectivity index (χ3v) is 5.07. The van der Waals surface area contributed by atoms with Gasteiger partial charge in [-0.05, 0) is 54.3 Å². The number of benzene rings is 3. The van der Waals surface area contributed by atoms with Gasteiger partial charge in [0.15, 0.2) is 0 Å². The molecule has 0 unspecified atom stereocenters. The minimum Gasteiger partial charge on any atom is -0.478 e. The van der Waals surface area contributed by atoms with E-state index in [4.69, 9.17) is 0 Å². The van der Waals surface area contributed by atoms with Crippen molar-refractivity contribution in [3.05, 3.63) is 77.9 Å². The molecule has 3 rings (SSSR count). The number of carboxylic acids is 1. The van der Waals surface area contributed by atoms with Gasteiger partial charge in [-0.25, -0.2) is 9.59 Å². The topological polar surface area (TPSA) is 81.7 Å². The van der Waals surface area contributed by atoms with Crippen molar-refractivity contribution >= 4 is 29.1 Å². The summed E-state index contributed by atoms with van der Waals surface area (Å²) in [5.41, 5.74) is 4.79. The number of aromatic carboxylic acids is 1. The van der Waals surface area contributed by atoms with Crippen LogP contribution in [0.15, 0.2) is 66.7 Å². The van der Waals surface area contributed by atoms with Crippen molar-refractivity contribution in [2.75, 3.05) is 29.1 Å². The first-order chi connectivity index (χ1) is 15.2. The van der Waals surface area contributed by atoms with E-state index in [0.717, 1.165) is 23.4 Å². The lowest BCUT2D eigenvalue weighted by Gasteiger charge is -2.25. The van der Waals surface area contributed by atoms with Crippen molar-refractivity contribution in [3.8, 4) is 11.1 Å². The first-order valence-corrected chi connectivity index (χ1v) is 10.6. The van der Waals surface area contributed by atoms with Crippen LogP contribution in [0.5, 0.6) is 0 Å². The molecule has 0 radical (unpaired) electrons. The fraction of sp³-hybridized carbons (Fsp3) is 0.231. The monoisotopic (exact) mass is 431 g/mol. The molecule has 0 fully saturated rings. The number of aryl methyl sites for hydroxylation is 1. The molecule has 0 spiro atoms. The van der Waals surface area contributed by atoms with Gasteiger partial charge in [-0.2, -0.15) is 0 Å². The molecule has 0 heterocycles. The van der Waals surface area contributed by atoms with Gasteiger partial charge in [0.1, 0.15) is 0 Å². The van der Waals surface area contributed by atoms with E-state index in [1.54, 1.807) is 24.3 Å². The largest absolute Gasteiger partial charge is 0.478 e. The van der Waals surface area contributed by atoms with Crippen LogP contribution in [-0.4, -0.2) is 30.7 Å². The molecule has 6 heteroatoms. The molecule has 32 heavy (non-hydrogen) atoms. The van der Waals surface area contributed by atoms with Gasteiger partial charge in [0.2, 0.25) is 0 Å². The Labute approximate surface area is 188 Å². The summed E-state index contributed by atoms with van der Waals surface area (Å²) >= 11 is 0. The lowest BCUT2D eigenvalue weighted by atomic mass is 9.98. The van der Waals surface area contributed by atoms with Gasteiger partial charge >= 0.3 is 12.0 Å². The lowest BCUT2D eigenvalue weighted by Crippen LogP contribution is -2.26. The van der Waals surface area contributed by atoms with Crippen LogP contribution in [-0.2, 0) is 0 Å². The smallest absolute Gasteiger partial charge is 0.336 e. The van der Waals surface area contributed by atoms with Crippen LogP contribution >= 0.6 is 0 Å². The van der Waals surface area contributed by atoms with Gasteiger partial charge < -0.3 is 20.6 Å². The molecule has 3 aromatic carbocycles. The van der Waals surface area contributed by atoms with E-state index < -0.39 is 5.97 Å². The predicted molar refractivity (Wildman–Crippen MR) is 131 cm³/mol. The molecular formula is C26H29N3O3. The van der Waals surface area contributed by atoms with E-state index in [1.165, 1.54) is 0 Å². The van der Waals surface area contributed by atoms with Crippen LogP contribution in [0.4, 0.5) is 21.9 Å². The summed E-state index contributed by atoms with van der Waals surface area (Å²) < 4.78 is 0. The number of rotatable bonds is 7. The molecule has 0 aliphatic heterocycles. The standard InChI is InChI=1S/C26H29N3O3/c1-17(2)16-29(4)24-14-11-19(21-7-5-6-8-22(21)25(30)31)15-23(24)28-26(32)27-20-12-9-18(3)10-13-20/h5-15,17H,16H2,1-4H3,(H,30,31)(H2,27,28,32). The van der Waals surface area contributed by atoms with Crippen LogP contribution in [0.1, 0.15) is 29.8 Å². The Morgan fingerprint density at radius 3 is 2.31 bits per heavy atom. The third-order valence-electron chi connectivity index (χ3n) is 5.07. The number of carbonyl (C=O) groups excluding carboxylic acids is 1. The zero-order chi connectivity index (χ0) is 23.3. The molecule has 0 aliphatic rings. The van der Waals surface area contributed by atoms with E-state index >= 15 is 0 Å². The average molecular weight is 432 g/mol. The fourth-order valence-corrected chi connectivity index (χ4v) is 3.63. The number of amides is 2. The average Bonchev–Trinajstić information content (AvgIpc) is 2.74. The van der Waals surface area contributed by atoms with Gasteiger partial charge in [0, 0.05) is 19.3 Å². The van der Waals surface area contributed by atoms with E-state index in [0.29, 0.717) is 22.9 Å². The number of anilines is 3. The van der Waals surface area contributed by atoms with E-state index in [9.17, 15) is 14.7 Å². The number of hydrogen-bond acceptors (Lipinski definition) is 3. The maximum atomic E-state index is 12.8. The van der Waals surface area contributed by atoms with Gasteiger partial charge in [0.25, 0.3) is 0 Å². The zero-order valence-electron chi connectivity index (χ0n) is 18.8. The molecule has 0 saturated carbocycles. The van der Waals surface area contributed by atoms with Crippen molar-refractivity contribution in [2.24, 2.45) is 5.92 Å². The van der Waals surface area contributed by atoms with Crippen molar-refractivity contribution in [1.82, 2.24) is 0 Å². The van der Waals surface area contributed by atoms with Crippen LogP contribution in [0.2, 0.25) is 0 Å². The highest BCUT2D eigenvalue weighted by Gasteiger charge is 2.16. The van der Waals surface area contributed by atoms with Gasteiger partial charge in [-0.3, -0.25) is 0 Å². The molecule has 166 valence electrons. The Balaban J connectivity index is 1.96. The van der Waals surface area contributed by atoms with Crippen LogP contribution in [0.25, 0.3) is 11.1 Å². The quantitative estimate of drug-likeness (QED) is 0.422. The maximum absolute atomic E-state index is 12.8. The summed E-state index contributed by atoms with van der Waals surface area (Å²) in [7, 11) is 1.98. The van der Waals surface area contributed by atoms with Crippen molar-refractivity contribution < 1.29 is 14.7 Å². The van der Waals surface area contributed by atoms with Crippen molar-refractivity contribution in [2.45, 2.75) is 20.8 Å². The molecule has 3 N–H and O–H groups in total. The number of nitrogens with zero attached hydrogens (tertiary/aromatic N) is 1. The van der Waals surface area contributed by atoms with Crippen molar-refractivity contribution in [1.29, 1.82) is 0 Å². The summed E-state index contributed by atoms with van der Waals surface area (Å²) in [6, 6.07) is 19.7. The summed E-state index contributed by atoms with van der Waals surface area (Å²) in [5, 5.41) is 15.4.